The molecule has 1 atom stereocenters. The molecule has 1 aromatic rings. The van der Waals surface area contributed by atoms with Crippen LogP contribution in [0.15, 0.2) is 12.1 Å². The molecule has 0 aliphatic heterocycles. The van der Waals surface area contributed by atoms with Gasteiger partial charge >= 0.3 is 0 Å². The Hall–Kier alpha value is -1.48. The molecule has 0 saturated heterocycles. The lowest BCUT2D eigenvalue weighted by Gasteiger charge is -2.22. The number of amides is 1. The summed E-state index contributed by atoms with van der Waals surface area (Å²) in [5.41, 5.74) is 6.43. The quantitative estimate of drug-likeness (QED) is 0.819. The van der Waals surface area contributed by atoms with E-state index in [1.165, 1.54) is 12.1 Å². The number of nitrogens with zero attached hydrogens (tertiary/aromatic N) is 2. The summed E-state index contributed by atoms with van der Waals surface area (Å²) >= 11 is 11.8. The lowest BCUT2D eigenvalue weighted by Crippen LogP contribution is -2.36. The highest BCUT2D eigenvalue weighted by atomic mass is 35.5. The normalized spacial score (nSPS) is 12.0. The van der Waals surface area contributed by atoms with Crippen LogP contribution in [-0.4, -0.2) is 30.4 Å². The highest BCUT2D eigenvalue weighted by molar-refractivity contribution is 6.37. The van der Waals surface area contributed by atoms with Gasteiger partial charge in [0.15, 0.2) is 0 Å². The minimum absolute atomic E-state index is 0.0104. The molecule has 108 valence electrons. The minimum atomic E-state index is -0.256. The number of hydrogen-bond acceptors (Lipinski definition) is 4. The number of likely N-dealkylation sites (N-methyl/N-ethyl adjacent to an activating group) is 1. The van der Waals surface area contributed by atoms with Crippen molar-refractivity contribution in [3.05, 3.63) is 22.2 Å². The third kappa shape index (κ3) is 4.57. The summed E-state index contributed by atoms with van der Waals surface area (Å²) in [4.78, 5) is 13.7. The summed E-state index contributed by atoms with van der Waals surface area (Å²) in [6, 6.07) is 5.09. The van der Waals surface area contributed by atoms with Crippen LogP contribution in [0.3, 0.4) is 0 Å². The van der Waals surface area contributed by atoms with Gasteiger partial charge in [-0.15, -0.1) is 0 Å². The first kappa shape index (κ1) is 16.6. The Morgan fingerprint density at radius 2 is 2.20 bits per heavy atom. The van der Waals surface area contributed by atoms with E-state index < -0.39 is 0 Å². The van der Waals surface area contributed by atoms with Gasteiger partial charge in [-0.1, -0.05) is 23.2 Å². The number of nitrogens with one attached hydrogen (secondary N) is 1. The van der Waals surface area contributed by atoms with Gasteiger partial charge in [-0.3, -0.25) is 9.69 Å². The molecule has 0 aliphatic carbocycles. The van der Waals surface area contributed by atoms with Crippen LogP contribution in [0.1, 0.15) is 13.3 Å². The molecule has 0 bridgehead atoms. The van der Waals surface area contributed by atoms with Gasteiger partial charge in [-0.05, 0) is 26.1 Å². The second kappa shape index (κ2) is 7.34. The van der Waals surface area contributed by atoms with E-state index in [1.807, 2.05) is 6.92 Å². The highest BCUT2D eigenvalue weighted by Gasteiger charge is 2.15. The maximum Gasteiger partial charge on any atom is 0.238 e. The Kier molecular flexibility index (Phi) is 6.08. The molecule has 0 spiro atoms. The van der Waals surface area contributed by atoms with Crippen molar-refractivity contribution in [1.82, 2.24) is 4.90 Å². The summed E-state index contributed by atoms with van der Waals surface area (Å²) in [7, 11) is 1.77. The average molecular weight is 315 g/mol. The molecule has 1 aromatic carbocycles. The summed E-state index contributed by atoms with van der Waals surface area (Å²) < 4.78 is 0. The van der Waals surface area contributed by atoms with E-state index >= 15 is 0 Å². The van der Waals surface area contributed by atoms with Crippen LogP contribution in [0, 0.1) is 11.3 Å². The molecule has 0 fully saturated rings. The number of halogens is 2. The van der Waals surface area contributed by atoms with Gasteiger partial charge in [0.25, 0.3) is 0 Å². The second-order valence-corrected chi connectivity index (χ2v) is 5.37. The van der Waals surface area contributed by atoms with E-state index in [9.17, 15) is 4.79 Å². The van der Waals surface area contributed by atoms with Gasteiger partial charge in [-0.25, -0.2) is 0 Å². The van der Waals surface area contributed by atoms with Crippen molar-refractivity contribution in [3.63, 3.8) is 0 Å². The molecule has 20 heavy (non-hydrogen) atoms. The number of nitriles is 1. The van der Waals surface area contributed by atoms with Gasteiger partial charge in [0.05, 0.1) is 35.4 Å². The monoisotopic (exact) mass is 314 g/mol. The number of benzene rings is 1. The largest absolute Gasteiger partial charge is 0.397 e. The van der Waals surface area contributed by atoms with Gasteiger partial charge in [0.2, 0.25) is 5.91 Å². The van der Waals surface area contributed by atoms with Crippen LogP contribution in [0.4, 0.5) is 11.4 Å². The number of carbonyl (C=O) groups excluding carboxylic acids is 1. The number of nitrogen functional groups attached to an aromatic ring is 1. The molecule has 0 radical (unpaired) electrons. The Bertz CT molecular complexity index is 519. The van der Waals surface area contributed by atoms with Crippen molar-refractivity contribution >= 4 is 40.5 Å². The topological polar surface area (TPSA) is 82.2 Å². The molecule has 1 amide bonds. The standard InChI is InChI=1S/C13H16Cl2N4O/c1-8(3-4-16)19(2)7-12(20)18-13-10(15)5-9(14)6-11(13)17/h5-6,8H,3,7,17H2,1-2H3,(H,18,20). The Labute approximate surface area is 128 Å². The van der Waals surface area contributed by atoms with Crippen molar-refractivity contribution in [2.24, 2.45) is 0 Å². The predicted molar refractivity (Wildman–Crippen MR) is 81.8 cm³/mol. The van der Waals surface area contributed by atoms with Gasteiger partial charge in [-0.2, -0.15) is 5.26 Å². The fraction of sp³-hybridized carbons (Fsp3) is 0.385. The molecule has 0 saturated carbocycles. The van der Waals surface area contributed by atoms with Crippen LogP contribution in [0.25, 0.3) is 0 Å². The van der Waals surface area contributed by atoms with E-state index in [-0.39, 0.29) is 23.5 Å². The van der Waals surface area contributed by atoms with Crippen LogP contribution < -0.4 is 11.1 Å². The smallest absolute Gasteiger partial charge is 0.238 e. The molecule has 5 nitrogen and oxygen atoms in total. The summed E-state index contributed by atoms with van der Waals surface area (Å²) in [6.45, 7) is 2.02. The first-order valence-corrected chi connectivity index (χ1v) is 6.72. The third-order valence-electron chi connectivity index (χ3n) is 2.88. The average Bonchev–Trinajstić information content (AvgIpc) is 2.34. The maximum absolute atomic E-state index is 11.9. The van der Waals surface area contributed by atoms with Crippen molar-refractivity contribution in [2.45, 2.75) is 19.4 Å². The lowest BCUT2D eigenvalue weighted by molar-refractivity contribution is -0.117. The fourth-order valence-corrected chi connectivity index (χ4v) is 2.13. The predicted octanol–water partition coefficient (Wildman–Crippen LogP) is 2.75. The molecule has 7 heteroatoms. The SMILES string of the molecule is CC(CC#N)N(C)CC(=O)Nc1c(N)cc(Cl)cc1Cl. The van der Waals surface area contributed by atoms with Crippen molar-refractivity contribution in [2.75, 3.05) is 24.6 Å². The second-order valence-electron chi connectivity index (χ2n) is 4.53. The maximum atomic E-state index is 11.9. The highest BCUT2D eigenvalue weighted by Crippen LogP contribution is 2.31. The molecular formula is C13H16Cl2N4O. The number of hydrogen-bond donors (Lipinski definition) is 2. The van der Waals surface area contributed by atoms with Crippen molar-refractivity contribution in [1.29, 1.82) is 5.26 Å². The number of rotatable bonds is 5. The molecule has 3 N–H and O–H groups in total. The van der Waals surface area contributed by atoms with Crippen molar-refractivity contribution < 1.29 is 4.79 Å². The van der Waals surface area contributed by atoms with E-state index in [1.54, 1.807) is 11.9 Å². The number of anilines is 2. The molecule has 1 unspecified atom stereocenters. The fourth-order valence-electron chi connectivity index (χ4n) is 1.57. The summed E-state index contributed by atoms with van der Waals surface area (Å²) in [5.74, 6) is -0.256. The Balaban J connectivity index is 2.70. The molecular weight excluding hydrogens is 299 g/mol. The Morgan fingerprint density at radius 1 is 1.55 bits per heavy atom. The summed E-state index contributed by atoms with van der Waals surface area (Å²) in [6.07, 6.45) is 0.355. The zero-order chi connectivity index (χ0) is 15.3. The van der Waals surface area contributed by atoms with E-state index in [0.29, 0.717) is 22.8 Å². The molecule has 1 rings (SSSR count). The van der Waals surface area contributed by atoms with Crippen LogP contribution in [0.5, 0.6) is 0 Å². The van der Waals surface area contributed by atoms with E-state index in [4.69, 9.17) is 34.2 Å². The van der Waals surface area contributed by atoms with E-state index in [0.717, 1.165) is 0 Å². The zero-order valence-corrected chi connectivity index (χ0v) is 12.8. The summed E-state index contributed by atoms with van der Waals surface area (Å²) in [5, 5.41) is 12.0. The lowest BCUT2D eigenvalue weighted by atomic mass is 10.2. The molecule has 0 aliphatic rings. The van der Waals surface area contributed by atoms with Gasteiger partial charge in [0, 0.05) is 11.1 Å². The van der Waals surface area contributed by atoms with Crippen LogP contribution in [0.2, 0.25) is 10.0 Å². The Morgan fingerprint density at radius 3 is 2.75 bits per heavy atom. The van der Waals surface area contributed by atoms with Gasteiger partial charge < -0.3 is 11.1 Å². The first-order valence-electron chi connectivity index (χ1n) is 5.96. The first-order chi connectivity index (χ1) is 9.35. The molecule has 0 heterocycles. The zero-order valence-electron chi connectivity index (χ0n) is 11.3. The number of carbonyl (C=O) groups is 1. The van der Waals surface area contributed by atoms with Gasteiger partial charge in [0.1, 0.15) is 0 Å². The van der Waals surface area contributed by atoms with Crippen molar-refractivity contribution in [3.8, 4) is 6.07 Å². The third-order valence-corrected chi connectivity index (χ3v) is 3.40. The number of nitrogens with two attached hydrogens (primary N) is 1. The van der Waals surface area contributed by atoms with E-state index in [2.05, 4.69) is 11.4 Å². The molecule has 0 aromatic heterocycles. The van der Waals surface area contributed by atoms with Crippen LogP contribution >= 0.6 is 23.2 Å². The minimum Gasteiger partial charge on any atom is -0.397 e. The van der Waals surface area contributed by atoms with Crippen LogP contribution in [-0.2, 0) is 4.79 Å².